The van der Waals surface area contributed by atoms with E-state index >= 15 is 0 Å². The second-order valence-corrected chi connectivity index (χ2v) is 6.10. The fourth-order valence-electron chi connectivity index (χ4n) is 2.91. The molecule has 1 atom stereocenters. The smallest absolute Gasteiger partial charge is 0.237 e. The van der Waals surface area contributed by atoms with E-state index < -0.39 is 0 Å². The van der Waals surface area contributed by atoms with Crippen molar-refractivity contribution in [1.29, 1.82) is 0 Å². The van der Waals surface area contributed by atoms with E-state index in [2.05, 4.69) is 33.8 Å². The Balaban J connectivity index is 1.77. The van der Waals surface area contributed by atoms with Crippen molar-refractivity contribution in [2.24, 2.45) is 0 Å². The van der Waals surface area contributed by atoms with Crippen molar-refractivity contribution in [2.75, 3.05) is 39.3 Å². The predicted molar refractivity (Wildman–Crippen MR) is 97.1 cm³/mol. The zero-order chi connectivity index (χ0) is 17.4. The maximum Gasteiger partial charge on any atom is 0.237 e. The first-order valence-electron chi connectivity index (χ1n) is 8.70. The summed E-state index contributed by atoms with van der Waals surface area (Å²) in [5.41, 5.74) is 1.30. The molecule has 0 aromatic heterocycles. The number of carbonyl (C=O) groups excluding carboxylic acids is 1. The lowest BCUT2D eigenvalue weighted by Crippen LogP contribution is -2.53. The molecule has 1 aromatic carbocycles. The molecule has 0 aliphatic carbocycles. The van der Waals surface area contributed by atoms with Gasteiger partial charge in [0, 0.05) is 39.3 Å². The first-order chi connectivity index (χ1) is 11.6. The molecule has 1 saturated heterocycles. The average molecular weight is 331 g/mol. The molecule has 132 valence electrons. The number of ether oxygens (including phenoxy) is 1. The molecule has 5 heteroatoms. The van der Waals surface area contributed by atoms with Gasteiger partial charge in [0.25, 0.3) is 0 Å². The van der Waals surface area contributed by atoms with Crippen molar-refractivity contribution in [2.45, 2.75) is 26.4 Å². The van der Waals surface area contributed by atoms with E-state index in [4.69, 9.17) is 4.74 Å². The highest BCUT2D eigenvalue weighted by Gasteiger charge is 2.25. The summed E-state index contributed by atoms with van der Waals surface area (Å²) < 4.78 is 5.48. The number of piperazine rings is 1. The summed E-state index contributed by atoms with van der Waals surface area (Å²) in [6.45, 7) is 13.5. The van der Waals surface area contributed by atoms with Gasteiger partial charge in [0.15, 0.2) is 0 Å². The summed E-state index contributed by atoms with van der Waals surface area (Å²) >= 11 is 0. The van der Waals surface area contributed by atoms with Crippen LogP contribution in [0.2, 0.25) is 0 Å². The van der Waals surface area contributed by atoms with E-state index in [1.807, 2.05) is 26.0 Å². The van der Waals surface area contributed by atoms with Gasteiger partial charge in [-0.1, -0.05) is 18.2 Å². The van der Waals surface area contributed by atoms with Gasteiger partial charge in [-0.15, -0.1) is 6.58 Å². The van der Waals surface area contributed by atoms with Crippen molar-refractivity contribution < 1.29 is 9.53 Å². The quantitative estimate of drug-likeness (QED) is 0.739. The van der Waals surface area contributed by atoms with Crippen LogP contribution >= 0.6 is 0 Å². The summed E-state index contributed by atoms with van der Waals surface area (Å²) in [7, 11) is 0. The summed E-state index contributed by atoms with van der Waals surface area (Å²) in [5, 5.41) is 2.87. The van der Waals surface area contributed by atoms with E-state index in [0.717, 1.165) is 38.5 Å². The highest BCUT2D eigenvalue weighted by molar-refractivity contribution is 5.81. The SMILES string of the molecule is C=CCNC(=O)C(C)N1CCN(Cc2ccc(OCC)cc2)CC1. The number of hydrogen-bond donors (Lipinski definition) is 1. The fraction of sp³-hybridized carbons (Fsp3) is 0.526. The van der Waals surface area contributed by atoms with Crippen LogP contribution in [0, 0.1) is 0 Å². The monoisotopic (exact) mass is 331 g/mol. The molecule has 0 spiro atoms. The molecule has 0 radical (unpaired) electrons. The van der Waals surface area contributed by atoms with Crippen LogP contribution in [0.4, 0.5) is 0 Å². The van der Waals surface area contributed by atoms with Gasteiger partial charge in [0.1, 0.15) is 5.75 Å². The van der Waals surface area contributed by atoms with Crippen LogP contribution in [0.1, 0.15) is 19.4 Å². The van der Waals surface area contributed by atoms with Gasteiger partial charge in [-0.05, 0) is 31.5 Å². The van der Waals surface area contributed by atoms with Crippen molar-refractivity contribution >= 4 is 5.91 Å². The van der Waals surface area contributed by atoms with E-state index in [9.17, 15) is 4.79 Å². The highest BCUT2D eigenvalue weighted by Crippen LogP contribution is 2.15. The molecule has 2 rings (SSSR count). The molecule has 24 heavy (non-hydrogen) atoms. The maximum absolute atomic E-state index is 12.0. The van der Waals surface area contributed by atoms with Crippen molar-refractivity contribution in [3.63, 3.8) is 0 Å². The zero-order valence-electron chi connectivity index (χ0n) is 14.8. The molecule has 1 heterocycles. The molecule has 1 amide bonds. The lowest BCUT2D eigenvalue weighted by atomic mass is 10.1. The second kappa shape index (κ2) is 9.45. The molecule has 5 nitrogen and oxygen atoms in total. The number of hydrogen-bond acceptors (Lipinski definition) is 4. The predicted octanol–water partition coefficient (Wildman–Crippen LogP) is 1.89. The molecule has 1 aromatic rings. The standard InChI is InChI=1S/C19H29N3O2/c1-4-10-20-19(23)16(3)22-13-11-21(12-14-22)15-17-6-8-18(9-7-17)24-5-2/h4,6-9,16H,1,5,10-15H2,2-3H3,(H,20,23). The van der Waals surface area contributed by atoms with Crippen LogP contribution in [-0.2, 0) is 11.3 Å². The summed E-state index contributed by atoms with van der Waals surface area (Å²) in [4.78, 5) is 16.7. The van der Waals surface area contributed by atoms with Crippen molar-refractivity contribution in [3.8, 4) is 5.75 Å². The Morgan fingerprint density at radius 1 is 1.29 bits per heavy atom. The molecule has 1 unspecified atom stereocenters. The molecule has 0 bridgehead atoms. The number of nitrogens with zero attached hydrogens (tertiary/aromatic N) is 2. The van der Waals surface area contributed by atoms with E-state index in [-0.39, 0.29) is 11.9 Å². The lowest BCUT2D eigenvalue weighted by molar-refractivity contribution is -0.126. The van der Waals surface area contributed by atoms with Gasteiger partial charge in [-0.2, -0.15) is 0 Å². The zero-order valence-corrected chi connectivity index (χ0v) is 14.8. The Hall–Kier alpha value is -1.85. The Morgan fingerprint density at radius 3 is 2.54 bits per heavy atom. The minimum absolute atomic E-state index is 0.0786. The van der Waals surface area contributed by atoms with Gasteiger partial charge in [-0.3, -0.25) is 14.6 Å². The largest absolute Gasteiger partial charge is 0.494 e. The van der Waals surface area contributed by atoms with E-state index in [1.54, 1.807) is 6.08 Å². The first kappa shape index (κ1) is 18.5. The summed E-state index contributed by atoms with van der Waals surface area (Å²) in [5.74, 6) is 1.00. The number of carbonyl (C=O) groups is 1. The van der Waals surface area contributed by atoms with Gasteiger partial charge in [-0.25, -0.2) is 0 Å². The Morgan fingerprint density at radius 2 is 1.96 bits per heavy atom. The molecular formula is C19H29N3O2. The van der Waals surface area contributed by atoms with E-state index in [1.165, 1.54) is 5.56 Å². The molecule has 0 saturated carbocycles. The second-order valence-electron chi connectivity index (χ2n) is 6.10. The van der Waals surface area contributed by atoms with Crippen LogP contribution in [0.5, 0.6) is 5.75 Å². The Kier molecular flexibility index (Phi) is 7.28. The number of benzene rings is 1. The molecule has 1 N–H and O–H groups in total. The normalized spacial score (nSPS) is 17.2. The summed E-state index contributed by atoms with van der Waals surface area (Å²) in [6.07, 6.45) is 1.71. The molecule has 1 fully saturated rings. The topological polar surface area (TPSA) is 44.8 Å². The van der Waals surface area contributed by atoms with Crippen molar-refractivity contribution in [3.05, 3.63) is 42.5 Å². The van der Waals surface area contributed by atoms with Crippen LogP contribution < -0.4 is 10.1 Å². The molecular weight excluding hydrogens is 302 g/mol. The third kappa shape index (κ3) is 5.35. The van der Waals surface area contributed by atoms with E-state index in [0.29, 0.717) is 13.2 Å². The number of amides is 1. The number of rotatable bonds is 8. The Bertz CT molecular complexity index is 522. The molecule has 1 aliphatic rings. The van der Waals surface area contributed by atoms with Crippen molar-refractivity contribution in [1.82, 2.24) is 15.1 Å². The maximum atomic E-state index is 12.0. The summed E-state index contributed by atoms with van der Waals surface area (Å²) in [6, 6.07) is 8.23. The van der Waals surface area contributed by atoms with Crippen LogP contribution in [0.25, 0.3) is 0 Å². The third-order valence-corrected chi connectivity index (χ3v) is 4.40. The van der Waals surface area contributed by atoms with Gasteiger partial charge in [0.2, 0.25) is 5.91 Å². The van der Waals surface area contributed by atoms with Gasteiger partial charge >= 0.3 is 0 Å². The van der Waals surface area contributed by atoms with Gasteiger partial charge < -0.3 is 10.1 Å². The number of nitrogens with one attached hydrogen (secondary N) is 1. The molecule has 1 aliphatic heterocycles. The third-order valence-electron chi connectivity index (χ3n) is 4.40. The minimum atomic E-state index is -0.0856. The van der Waals surface area contributed by atoms with Crippen LogP contribution in [0.15, 0.2) is 36.9 Å². The van der Waals surface area contributed by atoms with Crippen LogP contribution in [0.3, 0.4) is 0 Å². The first-order valence-corrected chi connectivity index (χ1v) is 8.70. The highest BCUT2D eigenvalue weighted by atomic mass is 16.5. The lowest BCUT2D eigenvalue weighted by Gasteiger charge is -2.37. The average Bonchev–Trinajstić information content (AvgIpc) is 2.61. The van der Waals surface area contributed by atoms with Gasteiger partial charge in [0.05, 0.1) is 12.6 Å². The fourth-order valence-corrected chi connectivity index (χ4v) is 2.91. The Labute approximate surface area is 145 Å². The van der Waals surface area contributed by atoms with Crippen LogP contribution in [-0.4, -0.2) is 61.1 Å². The minimum Gasteiger partial charge on any atom is -0.494 e.